The first kappa shape index (κ1) is 20.2. The first-order chi connectivity index (χ1) is 13.0. The molecule has 6 nitrogen and oxygen atoms in total. The third-order valence-corrected chi connectivity index (χ3v) is 3.84. The van der Waals surface area contributed by atoms with Gasteiger partial charge < -0.3 is 15.4 Å². The van der Waals surface area contributed by atoms with Gasteiger partial charge in [0, 0.05) is 30.6 Å². The van der Waals surface area contributed by atoms with E-state index in [1.54, 1.807) is 31.2 Å². The van der Waals surface area contributed by atoms with Crippen molar-refractivity contribution in [2.75, 3.05) is 18.5 Å². The number of hydrogen-bond acceptors (Lipinski definition) is 4. The maximum absolute atomic E-state index is 11.9. The number of anilines is 1. The van der Waals surface area contributed by atoms with Crippen LogP contribution in [0.15, 0.2) is 48.5 Å². The highest BCUT2D eigenvalue weighted by Gasteiger charge is 2.07. The molecule has 27 heavy (non-hydrogen) atoms. The topological polar surface area (TPSA) is 84.5 Å². The van der Waals surface area contributed by atoms with Crippen LogP contribution in [0.5, 0.6) is 5.75 Å². The van der Waals surface area contributed by atoms with E-state index < -0.39 is 0 Å². The summed E-state index contributed by atoms with van der Waals surface area (Å²) in [5, 5.41) is 5.43. The molecule has 0 spiro atoms. The van der Waals surface area contributed by atoms with Crippen molar-refractivity contribution in [2.45, 2.75) is 26.7 Å². The van der Waals surface area contributed by atoms with Crippen LogP contribution in [0, 0.1) is 6.92 Å². The summed E-state index contributed by atoms with van der Waals surface area (Å²) in [4.78, 5) is 35.2. The molecule has 0 atom stereocenters. The van der Waals surface area contributed by atoms with Gasteiger partial charge in [-0.05, 0) is 48.9 Å². The summed E-state index contributed by atoms with van der Waals surface area (Å²) in [7, 11) is 0. The number of ether oxygens (including phenoxy) is 1. The predicted molar refractivity (Wildman–Crippen MR) is 104 cm³/mol. The lowest BCUT2D eigenvalue weighted by atomic mass is 10.1. The number of carbonyl (C=O) groups is 3. The summed E-state index contributed by atoms with van der Waals surface area (Å²) in [5.41, 5.74) is 2.42. The summed E-state index contributed by atoms with van der Waals surface area (Å²) in [5.74, 6) is 0.0864. The Labute approximate surface area is 158 Å². The molecule has 0 saturated carbocycles. The van der Waals surface area contributed by atoms with E-state index >= 15 is 0 Å². The molecule has 0 radical (unpaired) electrons. The van der Waals surface area contributed by atoms with Crippen molar-refractivity contribution < 1.29 is 19.1 Å². The van der Waals surface area contributed by atoms with Crippen molar-refractivity contribution in [3.8, 4) is 5.75 Å². The molecular formula is C21H24N2O4. The number of ketones is 1. The highest BCUT2D eigenvalue weighted by molar-refractivity contribution is 5.95. The second kappa shape index (κ2) is 10.1. The second-order valence-electron chi connectivity index (χ2n) is 6.11. The van der Waals surface area contributed by atoms with E-state index in [9.17, 15) is 14.4 Å². The van der Waals surface area contributed by atoms with Gasteiger partial charge in [0.2, 0.25) is 5.91 Å². The van der Waals surface area contributed by atoms with E-state index in [-0.39, 0.29) is 37.2 Å². The quantitative estimate of drug-likeness (QED) is 0.666. The number of hydrogen-bond donors (Lipinski definition) is 2. The number of aryl methyl sites for hydroxylation is 1. The van der Waals surface area contributed by atoms with Gasteiger partial charge in [0.25, 0.3) is 5.91 Å². The minimum Gasteiger partial charge on any atom is -0.484 e. The van der Waals surface area contributed by atoms with Crippen molar-refractivity contribution in [1.82, 2.24) is 5.32 Å². The number of rotatable bonds is 9. The molecular weight excluding hydrogens is 344 g/mol. The molecule has 142 valence electrons. The minimum absolute atomic E-state index is 0.0585. The molecule has 0 unspecified atom stereocenters. The van der Waals surface area contributed by atoms with E-state index in [1.807, 2.05) is 31.2 Å². The average Bonchev–Trinajstić information content (AvgIpc) is 2.66. The molecule has 0 fully saturated rings. The number of nitrogens with one attached hydrogen (secondary N) is 2. The van der Waals surface area contributed by atoms with Gasteiger partial charge >= 0.3 is 0 Å². The van der Waals surface area contributed by atoms with Gasteiger partial charge in [0.15, 0.2) is 12.4 Å². The highest BCUT2D eigenvalue weighted by atomic mass is 16.5. The SMILES string of the molecule is CCC(=O)c1ccc(OCC(=O)NCCC(=O)Nc2cccc(C)c2)cc1. The van der Waals surface area contributed by atoms with Gasteiger partial charge in [0.05, 0.1) is 0 Å². The van der Waals surface area contributed by atoms with E-state index in [0.717, 1.165) is 11.3 Å². The maximum atomic E-state index is 11.9. The first-order valence-corrected chi connectivity index (χ1v) is 8.87. The van der Waals surface area contributed by atoms with E-state index in [1.165, 1.54) is 0 Å². The third-order valence-electron chi connectivity index (χ3n) is 3.84. The lowest BCUT2D eigenvalue weighted by Crippen LogP contribution is -2.31. The molecule has 0 saturated heterocycles. The molecule has 0 aliphatic rings. The maximum Gasteiger partial charge on any atom is 0.257 e. The highest BCUT2D eigenvalue weighted by Crippen LogP contribution is 2.13. The fourth-order valence-corrected chi connectivity index (χ4v) is 2.40. The fraction of sp³-hybridized carbons (Fsp3) is 0.286. The van der Waals surface area contributed by atoms with Crippen molar-refractivity contribution in [3.05, 3.63) is 59.7 Å². The smallest absolute Gasteiger partial charge is 0.257 e. The standard InChI is InChI=1S/C21H24N2O4/c1-3-19(24)16-7-9-18(10-8-16)27-14-21(26)22-12-11-20(25)23-17-6-4-5-15(2)13-17/h4-10,13H,3,11-12,14H2,1-2H3,(H,22,26)(H,23,25). The molecule has 2 amide bonds. The zero-order valence-corrected chi connectivity index (χ0v) is 15.6. The molecule has 0 heterocycles. The van der Waals surface area contributed by atoms with E-state index in [0.29, 0.717) is 17.7 Å². The fourth-order valence-electron chi connectivity index (χ4n) is 2.40. The normalized spacial score (nSPS) is 10.1. The largest absolute Gasteiger partial charge is 0.484 e. The average molecular weight is 368 g/mol. The van der Waals surface area contributed by atoms with Crippen LogP contribution in [-0.2, 0) is 9.59 Å². The van der Waals surface area contributed by atoms with Crippen molar-refractivity contribution in [3.63, 3.8) is 0 Å². The zero-order valence-electron chi connectivity index (χ0n) is 15.6. The van der Waals surface area contributed by atoms with Crippen LogP contribution in [0.2, 0.25) is 0 Å². The predicted octanol–water partition coefficient (Wildman–Crippen LogP) is 3.11. The molecule has 0 aromatic heterocycles. The van der Waals surface area contributed by atoms with Gasteiger partial charge in [-0.2, -0.15) is 0 Å². The second-order valence-corrected chi connectivity index (χ2v) is 6.11. The third kappa shape index (κ3) is 6.93. The molecule has 0 aliphatic heterocycles. The first-order valence-electron chi connectivity index (χ1n) is 8.87. The number of Topliss-reactive ketones (excluding diaryl/α,β-unsaturated/α-hetero) is 1. The molecule has 0 aliphatic carbocycles. The summed E-state index contributed by atoms with van der Waals surface area (Å²) < 4.78 is 5.38. The van der Waals surface area contributed by atoms with Crippen molar-refractivity contribution >= 4 is 23.3 Å². The Bertz CT molecular complexity index is 800. The van der Waals surface area contributed by atoms with Crippen LogP contribution in [0.4, 0.5) is 5.69 Å². The van der Waals surface area contributed by atoms with Gasteiger partial charge in [-0.1, -0.05) is 19.1 Å². The van der Waals surface area contributed by atoms with Gasteiger partial charge in [0.1, 0.15) is 5.75 Å². The summed E-state index contributed by atoms with van der Waals surface area (Å²) >= 11 is 0. The summed E-state index contributed by atoms with van der Waals surface area (Å²) in [6.45, 7) is 3.83. The van der Waals surface area contributed by atoms with Gasteiger partial charge in [-0.15, -0.1) is 0 Å². The van der Waals surface area contributed by atoms with Crippen LogP contribution < -0.4 is 15.4 Å². The van der Waals surface area contributed by atoms with Crippen LogP contribution in [-0.4, -0.2) is 30.7 Å². The lowest BCUT2D eigenvalue weighted by Gasteiger charge is -2.09. The minimum atomic E-state index is -0.313. The van der Waals surface area contributed by atoms with Crippen LogP contribution in [0.25, 0.3) is 0 Å². The molecule has 2 aromatic rings. The van der Waals surface area contributed by atoms with Crippen molar-refractivity contribution in [2.24, 2.45) is 0 Å². The Hall–Kier alpha value is -3.15. The molecule has 2 N–H and O–H groups in total. The van der Waals surface area contributed by atoms with Crippen LogP contribution in [0.1, 0.15) is 35.7 Å². The number of carbonyl (C=O) groups excluding carboxylic acids is 3. The molecule has 2 rings (SSSR count). The zero-order chi connectivity index (χ0) is 19.6. The lowest BCUT2D eigenvalue weighted by molar-refractivity contribution is -0.123. The van der Waals surface area contributed by atoms with E-state index in [4.69, 9.17) is 4.74 Å². The Morgan fingerprint density at radius 3 is 2.41 bits per heavy atom. The van der Waals surface area contributed by atoms with Crippen molar-refractivity contribution in [1.29, 1.82) is 0 Å². The Kier molecular flexibility index (Phi) is 7.55. The van der Waals surface area contributed by atoms with Gasteiger partial charge in [-0.25, -0.2) is 0 Å². The number of amides is 2. The number of benzene rings is 2. The summed E-state index contributed by atoms with van der Waals surface area (Å²) in [6.07, 6.45) is 0.619. The van der Waals surface area contributed by atoms with E-state index in [2.05, 4.69) is 10.6 Å². The monoisotopic (exact) mass is 368 g/mol. The molecule has 6 heteroatoms. The Morgan fingerprint density at radius 2 is 1.74 bits per heavy atom. The van der Waals surface area contributed by atoms with Gasteiger partial charge in [-0.3, -0.25) is 14.4 Å². The van der Waals surface area contributed by atoms with Crippen LogP contribution >= 0.6 is 0 Å². The molecule has 0 bridgehead atoms. The molecule has 2 aromatic carbocycles. The summed E-state index contributed by atoms with van der Waals surface area (Å²) in [6, 6.07) is 14.2. The Balaban J connectivity index is 1.67. The van der Waals surface area contributed by atoms with Crippen LogP contribution in [0.3, 0.4) is 0 Å². The Morgan fingerprint density at radius 1 is 1.00 bits per heavy atom.